The molecule has 31 heavy (non-hydrogen) atoms. The zero-order chi connectivity index (χ0) is 22.5. The Bertz CT molecular complexity index is 1220. The minimum absolute atomic E-state index is 0.0646. The van der Waals surface area contributed by atoms with Gasteiger partial charge in [0.05, 0.1) is 39.5 Å². The maximum Gasteiger partial charge on any atom is 0.255 e. The van der Waals surface area contributed by atoms with E-state index in [1.165, 1.54) is 18.2 Å². The molecule has 1 amide bonds. The highest BCUT2D eigenvalue weighted by Gasteiger charge is 2.37. The van der Waals surface area contributed by atoms with Crippen LogP contribution >= 0.6 is 0 Å². The molecule has 160 valence electrons. The Balaban J connectivity index is 1.89. The van der Waals surface area contributed by atoms with Crippen LogP contribution in [0.15, 0.2) is 30.3 Å². The molecule has 3 heterocycles. The van der Waals surface area contributed by atoms with Crippen LogP contribution in [0.4, 0.5) is 8.78 Å². The first-order chi connectivity index (χ1) is 14.7. The number of hydrogen-bond acceptors (Lipinski definition) is 3. The fraction of sp³-hybridized carbons (Fsp3) is 0.375. The zero-order valence-corrected chi connectivity index (χ0v) is 18.0. The number of rotatable bonds is 3. The van der Waals surface area contributed by atoms with Crippen molar-refractivity contribution in [1.82, 2.24) is 14.5 Å². The summed E-state index contributed by atoms with van der Waals surface area (Å²) in [6, 6.07) is 9.48. The molecule has 0 saturated carbocycles. The van der Waals surface area contributed by atoms with Gasteiger partial charge in [0.2, 0.25) is 0 Å². The third-order valence-corrected chi connectivity index (χ3v) is 6.03. The Morgan fingerprint density at radius 1 is 1.19 bits per heavy atom. The lowest BCUT2D eigenvalue weighted by Gasteiger charge is -2.21. The van der Waals surface area contributed by atoms with Gasteiger partial charge >= 0.3 is 0 Å². The number of aromatic nitrogens is 2. The summed E-state index contributed by atoms with van der Waals surface area (Å²) in [6.07, 6.45) is 0.631. The second-order valence-electron chi connectivity index (χ2n) is 8.79. The van der Waals surface area contributed by atoms with Gasteiger partial charge in [-0.15, -0.1) is 0 Å². The molecule has 1 saturated heterocycles. The lowest BCUT2D eigenvalue weighted by Crippen LogP contribution is -2.32. The third kappa shape index (κ3) is 3.36. The van der Waals surface area contributed by atoms with Crippen molar-refractivity contribution in [2.75, 3.05) is 13.1 Å². The average Bonchev–Trinajstić information content (AvgIpc) is 3.27. The number of benzene rings is 1. The van der Waals surface area contributed by atoms with Crippen molar-refractivity contribution in [2.45, 2.75) is 40.0 Å². The van der Waals surface area contributed by atoms with Gasteiger partial charge in [0.15, 0.2) is 0 Å². The monoisotopic (exact) mass is 422 g/mol. The van der Waals surface area contributed by atoms with Crippen LogP contribution in [0.1, 0.15) is 54.9 Å². The number of carbonyl (C=O) groups excluding carboxylic acids is 1. The van der Waals surface area contributed by atoms with Crippen molar-refractivity contribution in [1.29, 1.82) is 5.26 Å². The Morgan fingerprint density at radius 3 is 2.45 bits per heavy atom. The van der Waals surface area contributed by atoms with Crippen LogP contribution in [0.25, 0.3) is 16.6 Å². The van der Waals surface area contributed by atoms with Crippen molar-refractivity contribution in [3.63, 3.8) is 0 Å². The van der Waals surface area contributed by atoms with Gasteiger partial charge < -0.3 is 4.90 Å². The molecule has 5 nitrogen and oxygen atoms in total. The number of fused-ring (bicyclic) bond motifs is 1. The van der Waals surface area contributed by atoms with Crippen LogP contribution in [0.5, 0.6) is 0 Å². The Labute approximate surface area is 179 Å². The van der Waals surface area contributed by atoms with Gasteiger partial charge in [0.25, 0.3) is 5.91 Å². The quantitative estimate of drug-likeness (QED) is 0.591. The van der Waals surface area contributed by atoms with Gasteiger partial charge in [0.1, 0.15) is 11.6 Å². The second kappa shape index (κ2) is 7.45. The largest absolute Gasteiger partial charge is 0.337 e. The molecule has 0 bridgehead atoms. The first-order valence-electron chi connectivity index (χ1n) is 10.3. The standard InChI is InChI=1S/C24H24F2N4O/c1-14(2)22-16(23(31)29-11-10-24(4,12-27)13-29)8-9-19-20(15(3)28-30(19)22)21-17(25)6-5-7-18(21)26/h5-9,14H,10-11,13H2,1-4H3/t24-/m1/s1. The van der Waals surface area contributed by atoms with E-state index in [0.717, 1.165) is 0 Å². The molecule has 0 N–H and O–H groups in total. The highest BCUT2D eigenvalue weighted by Crippen LogP contribution is 2.36. The maximum atomic E-state index is 14.5. The van der Waals surface area contributed by atoms with Crippen molar-refractivity contribution < 1.29 is 13.6 Å². The van der Waals surface area contributed by atoms with E-state index in [4.69, 9.17) is 0 Å². The molecule has 4 rings (SSSR count). The van der Waals surface area contributed by atoms with E-state index < -0.39 is 17.0 Å². The van der Waals surface area contributed by atoms with E-state index in [2.05, 4.69) is 11.2 Å². The Hall–Kier alpha value is -3.27. The number of hydrogen-bond donors (Lipinski definition) is 0. The summed E-state index contributed by atoms with van der Waals surface area (Å²) in [5, 5.41) is 14.0. The van der Waals surface area contributed by atoms with Gasteiger partial charge in [-0.05, 0) is 50.5 Å². The molecule has 0 radical (unpaired) electrons. The molecule has 1 atom stereocenters. The minimum Gasteiger partial charge on any atom is -0.337 e. The Kier molecular flexibility index (Phi) is 5.04. The van der Waals surface area contributed by atoms with E-state index in [1.807, 2.05) is 20.8 Å². The predicted octanol–water partition coefficient (Wildman–Crippen LogP) is 5.09. The lowest BCUT2D eigenvalue weighted by atomic mass is 9.92. The summed E-state index contributed by atoms with van der Waals surface area (Å²) in [6.45, 7) is 8.37. The molecule has 1 aliphatic rings. The number of pyridine rings is 1. The van der Waals surface area contributed by atoms with Crippen LogP contribution in [0.3, 0.4) is 0 Å². The molecule has 1 aromatic carbocycles. The maximum absolute atomic E-state index is 14.5. The number of nitriles is 1. The molecule has 1 aliphatic heterocycles. The summed E-state index contributed by atoms with van der Waals surface area (Å²) >= 11 is 0. The van der Waals surface area contributed by atoms with Crippen LogP contribution in [-0.2, 0) is 0 Å². The molecular weight excluding hydrogens is 398 g/mol. The van der Waals surface area contributed by atoms with Crippen LogP contribution < -0.4 is 0 Å². The van der Waals surface area contributed by atoms with E-state index >= 15 is 0 Å². The number of aryl methyl sites for hydroxylation is 1. The highest BCUT2D eigenvalue weighted by atomic mass is 19.1. The number of halogens is 2. The topological polar surface area (TPSA) is 61.4 Å². The van der Waals surface area contributed by atoms with Gasteiger partial charge in [-0.25, -0.2) is 13.3 Å². The Morgan fingerprint density at radius 2 is 1.87 bits per heavy atom. The number of carbonyl (C=O) groups is 1. The van der Waals surface area contributed by atoms with E-state index in [1.54, 1.807) is 28.5 Å². The fourth-order valence-corrected chi connectivity index (χ4v) is 4.42. The van der Waals surface area contributed by atoms with Gasteiger partial charge in [-0.2, -0.15) is 10.4 Å². The summed E-state index contributed by atoms with van der Waals surface area (Å²) in [5.41, 5.74) is 1.92. The molecule has 0 spiro atoms. The average molecular weight is 422 g/mol. The summed E-state index contributed by atoms with van der Waals surface area (Å²) in [7, 11) is 0. The number of amides is 1. The van der Waals surface area contributed by atoms with Crippen molar-refractivity contribution in [3.05, 3.63) is 58.9 Å². The number of likely N-dealkylation sites (tertiary alicyclic amines) is 1. The van der Waals surface area contributed by atoms with Crippen LogP contribution in [0, 0.1) is 35.3 Å². The van der Waals surface area contributed by atoms with E-state index in [0.29, 0.717) is 47.5 Å². The highest BCUT2D eigenvalue weighted by molar-refractivity contribution is 5.97. The predicted molar refractivity (Wildman–Crippen MR) is 114 cm³/mol. The first kappa shape index (κ1) is 21.0. The molecule has 0 unspecified atom stereocenters. The SMILES string of the molecule is Cc1nn2c(C(C)C)c(C(=O)N3CC[C@](C)(C#N)C3)ccc2c1-c1c(F)cccc1F. The lowest BCUT2D eigenvalue weighted by molar-refractivity contribution is 0.0780. The summed E-state index contributed by atoms with van der Waals surface area (Å²) in [5.74, 6) is -1.53. The normalized spacial score (nSPS) is 18.7. The molecule has 2 aromatic heterocycles. The molecule has 0 aliphatic carbocycles. The second-order valence-corrected chi connectivity index (χ2v) is 8.79. The van der Waals surface area contributed by atoms with Crippen molar-refractivity contribution in [3.8, 4) is 17.2 Å². The van der Waals surface area contributed by atoms with Crippen molar-refractivity contribution >= 4 is 11.4 Å². The van der Waals surface area contributed by atoms with Gasteiger partial charge in [-0.1, -0.05) is 19.9 Å². The van der Waals surface area contributed by atoms with Gasteiger partial charge in [0, 0.05) is 18.7 Å². The number of nitrogens with zero attached hydrogens (tertiary/aromatic N) is 4. The van der Waals surface area contributed by atoms with Crippen molar-refractivity contribution in [2.24, 2.45) is 5.41 Å². The smallest absolute Gasteiger partial charge is 0.255 e. The molecule has 1 fully saturated rings. The van der Waals surface area contributed by atoms with E-state index in [-0.39, 0.29) is 17.4 Å². The van der Waals surface area contributed by atoms with Gasteiger partial charge in [-0.3, -0.25) is 4.79 Å². The molecular formula is C24H24F2N4O. The molecule has 3 aromatic rings. The van der Waals surface area contributed by atoms with Crippen LogP contribution in [-0.4, -0.2) is 33.5 Å². The molecule has 7 heteroatoms. The third-order valence-electron chi connectivity index (χ3n) is 6.03. The first-order valence-corrected chi connectivity index (χ1v) is 10.3. The van der Waals surface area contributed by atoms with E-state index in [9.17, 15) is 18.8 Å². The summed E-state index contributed by atoms with van der Waals surface area (Å²) < 4.78 is 30.7. The minimum atomic E-state index is -0.655. The summed E-state index contributed by atoms with van der Waals surface area (Å²) in [4.78, 5) is 15.0. The van der Waals surface area contributed by atoms with Crippen LogP contribution in [0.2, 0.25) is 0 Å². The fourth-order valence-electron chi connectivity index (χ4n) is 4.42. The zero-order valence-electron chi connectivity index (χ0n) is 18.0.